The zero-order chi connectivity index (χ0) is 17.4. The van der Waals surface area contributed by atoms with Crippen molar-refractivity contribution in [3.8, 4) is 11.5 Å². The van der Waals surface area contributed by atoms with Gasteiger partial charge in [0.05, 0.1) is 24.4 Å². The summed E-state index contributed by atoms with van der Waals surface area (Å²) in [7, 11) is 1.61. The Morgan fingerprint density at radius 1 is 1.32 bits per heavy atom. The van der Waals surface area contributed by atoms with E-state index in [-0.39, 0.29) is 11.8 Å². The van der Waals surface area contributed by atoms with Crippen molar-refractivity contribution in [2.75, 3.05) is 13.7 Å². The molecule has 25 heavy (non-hydrogen) atoms. The third kappa shape index (κ3) is 2.77. The van der Waals surface area contributed by atoms with Gasteiger partial charge in [-0.25, -0.2) is 0 Å². The van der Waals surface area contributed by atoms with E-state index in [1.54, 1.807) is 13.2 Å². The fraction of sp³-hybridized carbons (Fsp3) is 0.278. The number of fused-ring (bicyclic) bond motifs is 1. The van der Waals surface area contributed by atoms with Gasteiger partial charge in [-0.15, -0.1) is 0 Å². The van der Waals surface area contributed by atoms with Crippen LogP contribution >= 0.6 is 0 Å². The van der Waals surface area contributed by atoms with Crippen LogP contribution in [0.5, 0.6) is 11.5 Å². The number of rotatable bonds is 4. The smallest absolute Gasteiger partial charge is 0.269 e. The number of benzene rings is 2. The number of ether oxygens (including phenoxy) is 2. The van der Waals surface area contributed by atoms with E-state index in [1.165, 1.54) is 12.1 Å². The lowest BCUT2D eigenvalue weighted by Crippen LogP contribution is -2.03. The average Bonchev–Trinajstić information content (AvgIpc) is 3.30. The Balaban J connectivity index is 1.59. The minimum absolute atomic E-state index is 0.0471. The normalized spacial score (nSPS) is 18.1. The summed E-state index contributed by atoms with van der Waals surface area (Å²) < 4.78 is 11.0. The van der Waals surface area contributed by atoms with E-state index < -0.39 is 4.92 Å². The molecule has 1 unspecified atom stereocenters. The first-order valence-corrected chi connectivity index (χ1v) is 7.97. The van der Waals surface area contributed by atoms with Crippen LogP contribution in [-0.2, 0) is 11.3 Å². The Hall–Kier alpha value is -3.09. The van der Waals surface area contributed by atoms with Crippen LogP contribution in [0, 0.1) is 10.1 Å². The van der Waals surface area contributed by atoms with Crippen LogP contribution < -0.4 is 9.47 Å². The highest BCUT2D eigenvalue weighted by Gasteiger charge is 2.27. The van der Waals surface area contributed by atoms with Crippen molar-refractivity contribution < 1.29 is 19.2 Å². The Labute approximate surface area is 144 Å². The summed E-state index contributed by atoms with van der Waals surface area (Å²) in [5.74, 6) is 1.48. The summed E-state index contributed by atoms with van der Waals surface area (Å²) in [6.45, 7) is 0.647. The number of non-ortho nitro benzene ring substituents is 1. The largest absolute Gasteiger partial charge is 0.493 e. The number of methoxy groups -OCH3 is 1. The molecule has 1 atom stereocenters. The number of hydrogen-bond donors (Lipinski definition) is 0. The minimum Gasteiger partial charge on any atom is -0.493 e. The lowest BCUT2D eigenvalue weighted by Gasteiger charge is -2.10. The predicted molar refractivity (Wildman–Crippen MR) is 90.3 cm³/mol. The molecule has 0 saturated heterocycles. The van der Waals surface area contributed by atoms with Crippen LogP contribution in [0.3, 0.4) is 0 Å². The number of hydrogen-bond acceptors (Lipinski definition) is 6. The van der Waals surface area contributed by atoms with E-state index in [0.717, 1.165) is 34.6 Å². The molecule has 0 radical (unpaired) electrons. The highest BCUT2D eigenvalue weighted by molar-refractivity contribution is 6.02. The summed E-state index contributed by atoms with van der Waals surface area (Å²) >= 11 is 0. The van der Waals surface area contributed by atoms with Gasteiger partial charge in [-0.05, 0) is 12.1 Å². The van der Waals surface area contributed by atoms with Gasteiger partial charge in [-0.1, -0.05) is 17.3 Å². The standard InChI is InChI=1S/C18H16N2O5/c1-23-17-9-13(7-12-5-6-24-18(12)17)15-10-16(25-19-15)11-3-2-4-14(8-11)20(21)22/h2-4,7-9,16H,5-6,10H2,1H3. The number of nitro benzene ring substituents is 1. The third-order valence-corrected chi connectivity index (χ3v) is 4.42. The van der Waals surface area contributed by atoms with Gasteiger partial charge in [-0.2, -0.15) is 0 Å². The van der Waals surface area contributed by atoms with Crippen LogP contribution in [0.4, 0.5) is 5.69 Å². The third-order valence-electron chi connectivity index (χ3n) is 4.42. The van der Waals surface area contributed by atoms with Crippen molar-refractivity contribution in [2.24, 2.45) is 5.16 Å². The van der Waals surface area contributed by atoms with Gasteiger partial charge in [0, 0.05) is 41.7 Å². The van der Waals surface area contributed by atoms with Crippen LogP contribution in [0.25, 0.3) is 0 Å². The summed E-state index contributed by atoms with van der Waals surface area (Å²) in [5, 5.41) is 15.1. The highest BCUT2D eigenvalue weighted by atomic mass is 16.6. The summed E-state index contributed by atoms with van der Waals surface area (Å²) in [6.07, 6.45) is 1.05. The lowest BCUT2D eigenvalue weighted by molar-refractivity contribution is -0.385. The molecule has 4 rings (SSSR count). The summed E-state index contributed by atoms with van der Waals surface area (Å²) in [5.41, 5.74) is 3.60. The maximum atomic E-state index is 10.9. The first kappa shape index (κ1) is 15.4. The maximum Gasteiger partial charge on any atom is 0.269 e. The van der Waals surface area contributed by atoms with Crippen LogP contribution in [0.15, 0.2) is 41.6 Å². The van der Waals surface area contributed by atoms with E-state index in [0.29, 0.717) is 18.8 Å². The maximum absolute atomic E-state index is 10.9. The molecule has 2 aliphatic rings. The van der Waals surface area contributed by atoms with Crippen molar-refractivity contribution in [3.63, 3.8) is 0 Å². The predicted octanol–water partition coefficient (Wildman–Crippen LogP) is 3.40. The van der Waals surface area contributed by atoms with Gasteiger partial charge in [0.1, 0.15) is 0 Å². The van der Waals surface area contributed by atoms with Crippen molar-refractivity contribution in [1.29, 1.82) is 0 Å². The average molecular weight is 340 g/mol. The molecule has 2 aliphatic heterocycles. The molecule has 0 spiro atoms. The molecule has 0 aliphatic carbocycles. The Bertz CT molecular complexity index is 878. The van der Waals surface area contributed by atoms with Gasteiger partial charge in [0.15, 0.2) is 17.6 Å². The van der Waals surface area contributed by atoms with Crippen molar-refractivity contribution in [2.45, 2.75) is 18.9 Å². The first-order chi connectivity index (χ1) is 12.2. The topological polar surface area (TPSA) is 83.2 Å². The molecular formula is C18H16N2O5. The summed E-state index contributed by atoms with van der Waals surface area (Å²) in [6, 6.07) is 10.4. The van der Waals surface area contributed by atoms with E-state index in [9.17, 15) is 10.1 Å². The zero-order valence-electron chi connectivity index (χ0n) is 13.6. The van der Waals surface area contributed by atoms with Crippen LogP contribution in [0.2, 0.25) is 0 Å². The molecule has 7 nitrogen and oxygen atoms in total. The molecule has 0 N–H and O–H groups in total. The monoisotopic (exact) mass is 340 g/mol. The van der Waals surface area contributed by atoms with Gasteiger partial charge in [-0.3, -0.25) is 10.1 Å². The SMILES string of the molecule is COc1cc(C2=NOC(c3cccc([N+](=O)[O-])c3)C2)cc2c1OCC2. The second kappa shape index (κ2) is 6.08. The fourth-order valence-electron chi connectivity index (χ4n) is 3.16. The van der Waals surface area contributed by atoms with Crippen LogP contribution in [-0.4, -0.2) is 24.4 Å². The second-order valence-electron chi connectivity index (χ2n) is 5.95. The molecule has 0 amide bonds. The van der Waals surface area contributed by atoms with E-state index in [4.69, 9.17) is 14.3 Å². The fourth-order valence-corrected chi connectivity index (χ4v) is 3.16. The molecule has 2 aromatic carbocycles. The van der Waals surface area contributed by atoms with Crippen molar-refractivity contribution >= 4 is 11.4 Å². The first-order valence-electron chi connectivity index (χ1n) is 7.97. The molecule has 0 saturated carbocycles. The van der Waals surface area contributed by atoms with Crippen molar-refractivity contribution in [1.82, 2.24) is 0 Å². The van der Waals surface area contributed by atoms with Gasteiger partial charge in [0.2, 0.25) is 0 Å². The van der Waals surface area contributed by atoms with E-state index >= 15 is 0 Å². The molecule has 128 valence electrons. The quantitative estimate of drug-likeness (QED) is 0.629. The number of oxime groups is 1. The molecule has 0 fully saturated rings. The number of nitrogens with zero attached hydrogens (tertiary/aromatic N) is 2. The lowest BCUT2D eigenvalue weighted by atomic mass is 9.98. The van der Waals surface area contributed by atoms with Gasteiger partial charge in [0.25, 0.3) is 5.69 Å². The second-order valence-corrected chi connectivity index (χ2v) is 5.95. The van der Waals surface area contributed by atoms with Crippen LogP contribution in [0.1, 0.15) is 29.2 Å². The molecule has 2 aromatic rings. The molecular weight excluding hydrogens is 324 g/mol. The molecule has 0 aromatic heterocycles. The Kier molecular flexibility index (Phi) is 3.76. The molecule has 2 heterocycles. The van der Waals surface area contributed by atoms with Crippen molar-refractivity contribution in [3.05, 3.63) is 63.2 Å². The van der Waals surface area contributed by atoms with E-state index in [2.05, 4.69) is 5.16 Å². The molecule has 7 heteroatoms. The summed E-state index contributed by atoms with van der Waals surface area (Å²) in [4.78, 5) is 16.1. The minimum atomic E-state index is -0.411. The Morgan fingerprint density at radius 3 is 3.00 bits per heavy atom. The van der Waals surface area contributed by atoms with Gasteiger partial charge >= 0.3 is 0 Å². The van der Waals surface area contributed by atoms with E-state index in [1.807, 2.05) is 18.2 Å². The molecule has 0 bridgehead atoms. The Morgan fingerprint density at radius 2 is 2.20 bits per heavy atom. The zero-order valence-corrected chi connectivity index (χ0v) is 13.6. The van der Waals surface area contributed by atoms with Gasteiger partial charge < -0.3 is 14.3 Å². The highest BCUT2D eigenvalue weighted by Crippen LogP contribution is 2.39. The number of nitro groups is 1.